The van der Waals surface area contributed by atoms with Crippen molar-refractivity contribution in [3.05, 3.63) is 29.3 Å². The van der Waals surface area contributed by atoms with Gasteiger partial charge in [0.15, 0.2) is 0 Å². The van der Waals surface area contributed by atoms with Crippen molar-refractivity contribution in [1.29, 1.82) is 0 Å². The molecule has 1 aliphatic rings. The fraction of sp³-hybridized carbons (Fsp3) is 0.385. The van der Waals surface area contributed by atoms with E-state index in [-0.39, 0.29) is 25.5 Å². The highest BCUT2D eigenvalue weighted by Gasteiger charge is 2.36. The zero-order valence-corrected chi connectivity index (χ0v) is 10.1. The molecule has 1 aliphatic heterocycles. The molecule has 1 unspecified atom stereocenters. The van der Waals surface area contributed by atoms with Crippen LogP contribution in [0.5, 0.6) is 0 Å². The lowest BCUT2D eigenvalue weighted by Crippen LogP contribution is -2.27. The van der Waals surface area contributed by atoms with Crippen molar-refractivity contribution in [3.8, 4) is 0 Å². The summed E-state index contributed by atoms with van der Waals surface area (Å²) in [6.07, 6.45) is 0.0224. The van der Waals surface area contributed by atoms with E-state index in [0.29, 0.717) is 11.3 Å². The Kier molecular flexibility index (Phi) is 3.34. The van der Waals surface area contributed by atoms with Crippen molar-refractivity contribution in [2.24, 2.45) is 5.92 Å². The molecular formula is C13H15NO4. The van der Waals surface area contributed by atoms with Crippen LogP contribution >= 0.6 is 0 Å². The van der Waals surface area contributed by atoms with E-state index in [1.807, 2.05) is 13.0 Å². The second-order valence-corrected chi connectivity index (χ2v) is 4.48. The summed E-state index contributed by atoms with van der Waals surface area (Å²) in [5, 5.41) is 18.3. The molecule has 0 bridgehead atoms. The number of aliphatic hydroxyl groups is 1. The molecule has 0 aromatic heterocycles. The van der Waals surface area contributed by atoms with Crippen molar-refractivity contribution in [1.82, 2.24) is 0 Å². The van der Waals surface area contributed by atoms with Crippen molar-refractivity contribution < 1.29 is 19.8 Å². The predicted octanol–water partition coefficient (Wildman–Crippen LogP) is 0.925. The highest BCUT2D eigenvalue weighted by atomic mass is 16.4. The number of benzene rings is 1. The van der Waals surface area contributed by atoms with E-state index in [1.54, 1.807) is 12.1 Å². The number of carboxylic acids is 1. The summed E-state index contributed by atoms with van der Waals surface area (Å²) >= 11 is 0. The number of hydrogen-bond acceptors (Lipinski definition) is 3. The average molecular weight is 249 g/mol. The zero-order chi connectivity index (χ0) is 13.3. The molecule has 1 heterocycles. The first-order chi connectivity index (χ1) is 8.54. The van der Waals surface area contributed by atoms with E-state index in [0.717, 1.165) is 5.56 Å². The molecule has 1 amide bonds. The van der Waals surface area contributed by atoms with Gasteiger partial charge in [-0.2, -0.15) is 0 Å². The molecule has 2 rings (SSSR count). The van der Waals surface area contributed by atoms with Crippen molar-refractivity contribution >= 4 is 17.6 Å². The summed E-state index contributed by atoms with van der Waals surface area (Å²) in [7, 11) is 0. The molecular weight excluding hydrogens is 234 g/mol. The van der Waals surface area contributed by atoms with Gasteiger partial charge in [-0.05, 0) is 12.5 Å². The van der Waals surface area contributed by atoms with Crippen LogP contribution < -0.4 is 4.90 Å². The van der Waals surface area contributed by atoms with Crippen molar-refractivity contribution in [3.63, 3.8) is 0 Å². The van der Waals surface area contributed by atoms with E-state index in [9.17, 15) is 14.7 Å². The minimum Gasteiger partial charge on any atom is -0.481 e. The maximum absolute atomic E-state index is 11.9. The topological polar surface area (TPSA) is 77.8 Å². The number of carboxylic acid groups (broad SMARTS) is 1. The molecule has 1 saturated heterocycles. The molecule has 2 N–H and O–H groups in total. The van der Waals surface area contributed by atoms with E-state index in [1.165, 1.54) is 4.90 Å². The number of amides is 1. The second kappa shape index (κ2) is 4.78. The molecule has 1 atom stereocenters. The highest BCUT2D eigenvalue weighted by molar-refractivity contribution is 6.00. The fourth-order valence-electron chi connectivity index (χ4n) is 2.32. The Balaban J connectivity index is 2.38. The largest absolute Gasteiger partial charge is 0.481 e. The van der Waals surface area contributed by atoms with Crippen LogP contribution in [-0.4, -0.2) is 28.6 Å². The average Bonchev–Trinajstić information content (AvgIpc) is 2.71. The minimum absolute atomic E-state index is 0.0224. The third kappa shape index (κ3) is 2.09. The quantitative estimate of drug-likeness (QED) is 0.835. The Hall–Kier alpha value is -1.88. The lowest BCUT2D eigenvalue weighted by Gasteiger charge is -2.21. The molecule has 5 heteroatoms. The molecule has 0 saturated carbocycles. The Morgan fingerprint density at radius 3 is 2.78 bits per heavy atom. The number of nitrogens with zero attached hydrogens (tertiary/aromatic N) is 1. The summed E-state index contributed by atoms with van der Waals surface area (Å²) in [5.74, 6) is -1.82. The van der Waals surface area contributed by atoms with E-state index in [4.69, 9.17) is 5.11 Å². The van der Waals surface area contributed by atoms with Crippen LogP contribution in [0.15, 0.2) is 18.2 Å². The first-order valence-electron chi connectivity index (χ1n) is 5.77. The van der Waals surface area contributed by atoms with Gasteiger partial charge >= 0.3 is 5.97 Å². The maximum atomic E-state index is 11.9. The molecule has 0 aliphatic carbocycles. The van der Waals surface area contributed by atoms with Gasteiger partial charge in [-0.15, -0.1) is 0 Å². The predicted molar refractivity (Wildman–Crippen MR) is 65.2 cm³/mol. The maximum Gasteiger partial charge on any atom is 0.308 e. The number of anilines is 1. The Morgan fingerprint density at radius 2 is 2.22 bits per heavy atom. The van der Waals surface area contributed by atoms with E-state index >= 15 is 0 Å². The van der Waals surface area contributed by atoms with Gasteiger partial charge in [-0.1, -0.05) is 18.2 Å². The van der Waals surface area contributed by atoms with Gasteiger partial charge in [-0.25, -0.2) is 0 Å². The summed E-state index contributed by atoms with van der Waals surface area (Å²) in [4.78, 5) is 24.3. The van der Waals surface area contributed by atoms with Gasteiger partial charge in [0, 0.05) is 18.5 Å². The number of para-hydroxylation sites is 1. The first kappa shape index (κ1) is 12.6. The van der Waals surface area contributed by atoms with Crippen LogP contribution in [0.4, 0.5) is 5.69 Å². The summed E-state index contributed by atoms with van der Waals surface area (Å²) in [5.41, 5.74) is 2.16. The van der Waals surface area contributed by atoms with Crippen LogP contribution in [-0.2, 0) is 16.2 Å². The van der Waals surface area contributed by atoms with Crippen LogP contribution in [0, 0.1) is 12.8 Å². The standard InChI is InChI=1S/C13H15NO4/c1-8-3-2-4-9(7-15)12(8)14-6-10(13(17)18)5-11(14)16/h2-4,10,15H,5-7H2,1H3,(H,17,18). The van der Waals surface area contributed by atoms with Crippen molar-refractivity contribution in [2.75, 3.05) is 11.4 Å². The molecule has 18 heavy (non-hydrogen) atoms. The second-order valence-electron chi connectivity index (χ2n) is 4.48. The number of carbonyl (C=O) groups is 2. The lowest BCUT2D eigenvalue weighted by molar-refractivity contribution is -0.141. The third-order valence-electron chi connectivity index (χ3n) is 3.24. The smallest absolute Gasteiger partial charge is 0.308 e. The third-order valence-corrected chi connectivity index (χ3v) is 3.24. The lowest BCUT2D eigenvalue weighted by atomic mass is 10.1. The van der Waals surface area contributed by atoms with Gasteiger partial charge in [0.25, 0.3) is 0 Å². The molecule has 0 radical (unpaired) electrons. The number of rotatable bonds is 3. The Morgan fingerprint density at radius 1 is 1.50 bits per heavy atom. The van der Waals surface area contributed by atoms with Crippen LogP contribution in [0.1, 0.15) is 17.5 Å². The number of hydrogen-bond donors (Lipinski definition) is 2. The van der Waals surface area contributed by atoms with Crippen molar-refractivity contribution in [2.45, 2.75) is 20.0 Å². The Labute approximate surface area is 105 Å². The van der Waals surface area contributed by atoms with Gasteiger partial charge in [-0.3, -0.25) is 9.59 Å². The van der Waals surface area contributed by atoms with Gasteiger partial charge < -0.3 is 15.1 Å². The molecule has 1 fully saturated rings. The number of aryl methyl sites for hydroxylation is 1. The van der Waals surface area contributed by atoms with Gasteiger partial charge in [0.05, 0.1) is 18.2 Å². The molecule has 1 aromatic rings. The monoisotopic (exact) mass is 249 g/mol. The van der Waals surface area contributed by atoms with Crippen LogP contribution in [0.3, 0.4) is 0 Å². The van der Waals surface area contributed by atoms with E-state index in [2.05, 4.69) is 0 Å². The zero-order valence-electron chi connectivity index (χ0n) is 10.1. The normalized spacial score (nSPS) is 19.3. The molecule has 96 valence electrons. The van der Waals surface area contributed by atoms with Crippen LogP contribution in [0.2, 0.25) is 0 Å². The summed E-state index contributed by atoms with van der Waals surface area (Å²) in [6, 6.07) is 5.39. The molecule has 0 spiro atoms. The number of carbonyl (C=O) groups excluding carboxylic acids is 1. The fourth-order valence-corrected chi connectivity index (χ4v) is 2.32. The number of aliphatic hydroxyl groups excluding tert-OH is 1. The molecule has 1 aromatic carbocycles. The highest BCUT2D eigenvalue weighted by Crippen LogP contribution is 2.31. The SMILES string of the molecule is Cc1cccc(CO)c1N1CC(C(=O)O)CC1=O. The number of aliphatic carboxylic acids is 1. The first-order valence-corrected chi connectivity index (χ1v) is 5.77. The summed E-state index contributed by atoms with van der Waals surface area (Å²) < 4.78 is 0. The Bertz CT molecular complexity index is 498. The van der Waals surface area contributed by atoms with Crippen LogP contribution in [0.25, 0.3) is 0 Å². The summed E-state index contributed by atoms with van der Waals surface area (Å²) in [6.45, 7) is 1.85. The van der Waals surface area contributed by atoms with Gasteiger partial charge in [0.1, 0.15) is 0 Å². The minimum atomic E-state index is -0.954. The molecule has 5 nitrogen and oxygen atoms in total. The van der Waals surface area contributed by atoms with Gasteiger partial charge in [0.2, 0.25) is 5.91 Å². The van der Waals surface area contributed by atoms with E-state index < -0.39 is 11.9 Å².